The van der Waals surface area contributed by atoms with Crippen LogP contribution >= 0.6 is 0 Å². The van der Waals surface area contributed by atoms with E-state index in [0.29, 0.717) is 5.82 Å². The van der Waals surface area contributed by atoms with E-state index < -0.39 is 0 Å². The Balaban J connectivity index is 0.000000197. The maximum absolute atomic E-state index is 5.95. The van der Waals surface area contributed by atoms with Gasteiger partial charge in [-0.3, -0.25) is 0 Å². The van der Waals surface area contributed by atoms with Crippen molar-refractivity contribution < 1.29 is 28.1 Å². The molecule has 174 valence electrons. The molecule has 8 heteroatoms. The van der Waals surface area contributed by atoms with Crippen molar-refractivity contribution in [2.24, 2.45) is 0 Å². The average molecular weight is 426 g/mol. The lowest BCUT2D eigenvalue weighted by atomic mass is 9.71. The van der Waals surface area contributed by atoms with Crippen molar-refractivity contribution in [3.05, 3.63) is 0 Å². The molecule has 2 unspecified atom stereocenters. The van der Waals surface area contributed by atoms with Crippen LogP contribution in [0.5, 0.6) is 0 Å². The Hall–Kier alpha value is -0.110. The number of hydrogen-bond donors (Lipinski definition) is 0. The van der Waals surface area contributed by atoms with Gasteiger partial charge >= 0.3 is 14.2 Å². The Morgan fingerprint density at radius 3 is 1.47 bits per heavy atom. The van der Waals surface area contributed by atoms with Crippen molar-refractivity contribution in [2.75, 3.05) is 19.8 Å². The predicted octanol–water partition coefficient (Wildman–Crippen LogP) is 4.69. The molecule has 0 N–H and O–H groups in total. The van der Waals surface area contributed by atoms with Crippen molar-refractivity contribution in [1.29, 1.82) is 0 Å². The molecule has 4 saturated heterocycles. The van der Waals surface area contributed by atoms with Crippen molar-refractivity contribution in [3.63, 3.8) is 0 Å². The van der Waals surface area contributed by atoms with Crippen molar-refractivity contribution in [3.8, 4) is 0 Å². The molecule has 0 saturated carbocycles. The van der Waals surface area contributed by atoms with Gasteiger partial charge in [-0.05, 0) is 74.7 Å². The number of ether oxygens (including phenoxy) is 2. The van der Waals surface area contributed by atoms with Crippen LogP contribution in [0.2, 0.25) is 5.82 Å². The lowest BCUT2D eigenvalue weighted by Crippen LogP contribution is -2.41. The lowest BCUT2D eigenvalue weighted by Gasteiger charge is -2.32. The van der Waals surface area contributed by atoms with Gasteiger partial charge in [0.2, 0.25) is 0 Å². The highest BCUT2D eigenvalue weighted by Crippen LogP contribution is 2.42. The summed E-state index contributed by atoms with van der Waals surface area (Å²) in [6.45, 7) is 23.1. The van der Waals surface area contributed by atoms with E-state index in [9.17, 15) is 0 Å². The molecule has 0 aromatic carbocycles. The van der Waals surface area contributed by atoms with E-state index in [1.807, 2.05) is 13.8 Å². The van der Waals surface area contributed by atoms with E-state index >= 15 is 0 Å². The highest BCUT2D eigenvalue weighted by Gasteiger charge is 2.55. The quantitative estimate of drug-likeness (QED) is 0.598. The van der Waals surface area contributed by atoms with Crippen molar-refractivity contribution in [2.45, 2.75) is 123 Å². The standard InChI is InChI=1S/2C10H19BO3.C2H6/c1-9(2)10(3,4)14-11(13-9)8-5-6-12-7-8;1-9(2)10(3,4)14-11(13-9)8-6-5-7-12-8;1-2/h2*8H,5-7H2,1-4H3;1-2H3. The van der Waals surface area contributed by atoms with Crippen LogP contribution in [0.1, 0.15) is 88.5 Å². The topological polar surface area (TPSA) is 55.4 Å². The molecule has 2 atom stereocenters. The molecule has 0 bridgehead atoms. The van der Waals surface area contributed by atoms with Gasteiger partial charge in [0.05, 0.1) is 28.4 Å². The smallest absolute Gasteiger partial charge is 0.403 e. The van der Waals surface area contributed by atoms with Crippen LogP contribution in [0.25, 0.3) is 0 Å². The third-order valence-corrected chi connectivity index (χ3v) is 7.16. The number of hydrogen-bond acceptors (Lipinski definition) is 6. The molecule has 0 radical (unpaired) electrons. The molecule has 4 heterocycles. The molecular weight excluding hydrogens is 382 g/mol. The molecule has 4 rings (SSSR count). The first-order chi connectivity index (χ1) is 13.8. The predicted molar refractivity (Wildman–Crippen MR) is 122 cm³/mol. The lowest BCUT2D eigenvalue weighted by molar-refractivity contribution is 0.00578. The molecule has 4 aliphatic rings. The summed E-state index contributed by atoms with van der Waals surface area (Å²) in [7, 11) is -0.259. The van der Waals surface area contributed by atoms with Crippen LogP contribution in [0, 0.1) is 0 Å². The van der Waals surface area contributed by atoms with Crippen LogP contribution < -0.4 is 0 Å². The van der Waals surface area contributed by atoms with Gasteiger partial charge in [-0.15, -0.1) is 0 Å². The van der Waals surface area contributed by atoms with Gasteiger partial charge in [-0.2, -0.15) is 0 Å². The van der Waals surface area contributed by atoms with E-state index in [1.165, 1.54) is 0 Å². The molecule has 0 aliphatic carbocycles. The van der Waals surface area contributed by atoms with Gasteiger partial charge in [0.25, 0.3) is 0 Å². The van der Waals surface area contributed by atoms with Gasteiger partial charge < -0.3 is 28.1 Å². The second-order valence-electron chi connectivity index (χ2n) is 10.4. The highest BCUT2D eigenvalue weighted by molar-refractivity contribution is 6.47. The fourth-order valence-corrected chi connectivity index (χ4v) is 3.71. The average Bonchev–Trinajstić information content (AvgIpc) is 3.40. The number of rotatable bonds is 2. The largest absolute Gasteiger partial charge is 0.488 e. The van der Waals surface area contributed by atoms with E-state index in [2.05, 4.69) is 55.4 Å². The van der Waals surface area contributed by atoms with Gasteiger partial charge in [-0.1, -0.05) is 13.8 Å². The van der Waals surface area contributed by atoms with Crippen LogP contribution in [0.4, 0.5) is 0 Å². The highest BCUT2D eigenvalue weighted by atomic mass is 16.7. The third-order valence-electron chi connectivity index (χ3n) is 7.16. The molecule has 0 aromatic rings. The summed E-state index contributed by atoms with van der Waals surface area (Å²) < 4.78 is 34.6. The van der Waals surface area contributed by atoms with E-state index in [4.69, 9.17) is 28.1 Å². The van der Waals surface area contributed by atoms with E-state index in [0.717, 1.165) is 39.1 Å². The normalized spacial score (nSPS) is 33.0. The van der Waals surface area contributed by atoms with Crippen molar-refractivity contribution in [1.82, 2.24) is 0 Å². The Labute approximate surface area is 185 Å². The Kier molecular flexibility index (Phi) is 8.54. The fourth-order valence-electron chi connectivity index (χ4n) is 3.71. The maximum atomic E-state index is 5.95. The van der Waals surface area contributed by atoms with Gasteiger partial charge in [0.1, 0.15) is 0 Å². The molecular formula is C22H44B2O6. The zero-order valence-corrected chi connectivity index (χ0v) is 21.0. The van der Waals surface area contributed by atoms with Crippen molar-refractivity contribution >= 4 is 14.2 Å². The summed E-state index contributed by atoms with van der Waals surface area (Å²) >= 11 is 0. The van der Waals surface area contributed by atoms with Crippen LogP contribution in [0.3, 0.4) is 0 Å². The maximum Gasteiger partial charge on any atom is 0.488 e. The second-order valence-corrected chi connectivity index (χ2v) is 10.4. The molecule has 6 nitrogen and oxygen atoms in total. The summed E-state index contributed by atoms with van der Waals surface area (Å²) in [5, 5.41) is 0. The summed E-state index contributed by atoms with van der Waals surface area (Å²) in [4.78, 5) is 0. The van der Waals surface area contributed by atoms with Gasteiger partial charge in [-0.25, -0.2) is 0 Å². The first-order valence-electron chi connectivity index (χ1n) is 11.8. The first-order valence-corrected chi connectivity index (χ1v) is 11.8. The Morgan fingerprint density at radius 2 is 1.10 bits per heavy atom. The summed E-state index contributed by atoms with van der Waals surface area (Å²) in [6, 6.07) is 0.135. The van der Waals surface area contributed by atoms with Gasteiger partial charge in [0.15, 0.2) is 0 Å². The minimum absolute atomic E-state index is 0.0810. The first kappa shape index (κ1) is 26.1. The molecule has 30 heavy (non-hydrogen) atoms. The monoisotopic (exact) mass is 426 g/mol. The minimum atomic E-state index is -0.233. The molecule has 0 aromatic heterocycles. The fraction of sp³-hybridized carbons (Fsp3) is 1.00. The second kappa shape index (κ2) is 9.80. The summed E-state index contributed by atoms with van der Waals surface area (Å²) in [6.07, 6.45) is 3.22. The van der Waals surface area contributed by atoms with Crippen LogP contribution in [-0.2, 0) is 28.1 Å². The molecule has 4 fully saturated rings. The summed E-state index contributed by atoms with van der Waals surface area (Å²) in [5.74, 6) is 0.413. The summed E-state index contributed by atoms with van der Waals surface area (Å²) in [5.41, 5.74) is -0.881. The SMILES string of the molecule is CC.CC1(C)OB(C2CCCO2)OC1(C)C.CC1(C)OB(C2CCOC2)OC1(C)C. The Morgan fingerprint density at radius 1 is 0.633 bits per heavy atom. The third kappa shape index (κ3) is 5.62. The zero-order valence-electron chi connectivity index (χ0n) is 21.0. The molecule has 4 aliphatic heterocycles. The molecule has 0 spiro atoms. The van der Waals surface area contributed by atoms with E-state index in [1.54, 1.807) is 0 Å². The Bertz CT molecular complexity index is 460. The van der Waals surface area contributed by atoms with E-state index in [-0.39, 0.29) is 42.6 Å². The minimum Gasteiger partial charge on any atom is -0.403 e. The van der Waals surface area contributed by atoms with Crippen LogP contribution in [0.15, 0.2) is 0 Å². The zero-order chi connectivity index (χ0) is 22.8. The van der Waals surface area contributed by atoms with Gasteiger partial charge in [0, 0.05) is 25.6 Å². The molecule has 0 amide bonds. The van der Waals surface area contributed by atoms with Crippen LogP contribution in [-0.4, -0.2) is 62.5 Å².